The molecule has 1 aliphatic rings. The van der Waals surface area contributed by atoms with E-state index in [0.717, 1.165) is 6.54 Å². The summed E-state index contributed by atoms with van der Waals surface area (Å²) in [4.78, 5) is 5.94. The van der Waals surface area contributed by atoms with Crippen LogP contribution in [0.3, 0.4) is 0 Å². The van der Waals surface area contributed by atoms with Crippen molar-refractivity contribution in [3.8, 4) is 0 Å². The van der Waals surface area contributed by atoms with E-state index < -0.39 is 0 Å². The Morgan fingerprint density at radius 1 is 1.71 bits per heavy atom. The third-order valence-corrected chi connectivity index (χ3v) is 0.882. The molecule has 1 radical (unpaired) electrons. The minimum Gasteiger partial charge on any atom is -0.365 e. The highest BCUT2D eigenvalue weighted by molar-refractivity contribution is 5.59. The van der Waals surface area contributed by atoms with Gasteiger partial charge in [0.25, 0.3) is 6.20 Å². The topological polar surface area (TPSA) is 17.3 Å². The first-order valence-electron chi connectivity index (χ1n) is 2.28. The summed E-state index contributed by atoms with van der Waals surface area (Å²) in [6.45, 7) is 0.941. The molecular weight excluding hydrogens is 88.1 g/mol. The highest BCUT2D eigenvalue weighted by atomic mass is 15.1. The van der Waals surface area contributed by atoms with Crippen molar-refractivity contribution in [3.05, 3.63) is 12.4 Å². The molecule has 37 valence electrons. The summed E-state index contributed by atoms with van der Waals surface area (Å²) in [6, 6.07) is 0. The molecule has 0 spiro atoms. The Hall–Kier alpha value is -0.790. The van der Waals surface area contributed by atoms with Crippen LogP contribution < -0.4 is 4.99 Å². The van der Waals surface area contributed by atoms with Crippen LogP contribution in [0, 0.1) is 0 Å². The van der Waals surface area contributed by atoms with Crippen LogP contribution in [0.1, 0.15) is 0 Å². The lowest BCUT2D eigenvalue weighted by atomic mass is 10.6. The van der Waals surface area contributed by atoms with Gasteiger partial charge in [-0.05, 0) is 0 Å². The summed E-state index contributed by atoms with van der Waals surface area (Å²) in [5.74, 6) is 0. The molecule has 0 unspecified atom stereocenters. The molecule has 2 heteroatoms. The van der Waals surface area contributed by atoms with Crippen LogP contribution in [-0.2, 0) is 0 Å². The Bertz CT molecular complexity index is 105. The fraction of sp³-hybridized carbons (Fsp3) is 0.400. The summed E-state index contributed by atoms with van der Waals surface area (Å²) in [6.07, 6.45) is 5.60. The Morgan fingerprint density at radius 2 is 2.57 bits per heavy atom. The predicted molar refractivity (Wildman–Crippen MR) is 30.0 cm³/mol. The first-order valence-corrected chi connectivity index (χ1v) is 2.28. The van der Waals surface area contributed by atoms with Crippen LogP contribution in [0.4, 0.5) is 0 Å². The van der Waals surface area contributed by atoms with Gasteiger partial charge in [0.1, 0.15) is 6.54 Å². The molecular formula is C5H8N2+. The standard InChI is InChI=1S/C5H8N2/c1-7-4-2-6-3-5-7/h2-4H,5H2,1H3/q+1. The fourth-order valence-corrected chi connectivity index (χ4v) is 0.450. The molecule has 0 N–H and O–H groups in total. The number of hydrogen-bond donors (Lipinski definition) is 0. The molecule has 2 nitrogen and oxygen atoms in total. The first kappa shape index (κ1) is 4.37. The number of hydrogen-bond acceptors (Lipinski definition) is 2. The van der Waals surface area contributed by atoms with E-state index in [1.165, 1.54) is 0 Å². The number of nitrogens with zero attached hydrogens (tertiary/aromatic N) is 2. The van der Waals surface area contributed by atoms with Gasteiger partial charge >= 0.3 is 0 Å². The maximum Gasteiger partial charge on any atom is 0.257 e. The summed E-state index contributed by atoms with van der Waals surface area (Å²) in [5.41, 5.74) is 0. The van der Waals surface area contributed by atoms with Crippen molar-refractivity contribution >= 4 is 6.21 Å². The van der Waals surface area contributed by atoms with Crippen molar-refractivity contribution in [2.24, 2.45) is 0 Å². The largest absolute Gasteiger partial charge is 0.365 e. The second-order valence-corrected chi connectivity index (χ2v) is 1.57. The lowest BCUT2D eigenvalue weighted by molar-refractivity contribution is 0.519. The molecule has 0 fully saturated rings. The molecule has 1 aliphatic heterocycles. The van der Waals surface area contributed by atoms with Gasteiger partial charge in [-0.25, -0.2) is 0 Å². The Morgan fingerprint density at radius 3 is 2.86 bits per heavy atom. The molecule has 1 heterocycles. The van der Waals surface area contributed by atoms with E-state index in [1.54, 1.807) is 6.20 Å². The number of rotatable bonds is 0. The average molecular weight is 96.1 g/mol. The molecule has 0 atom stereocenters. The monoisotopic (exact) mass is 96.1 g/mol. The Kier molecular flexibility index (Phi) is 1.11. The van der Waals surface area contributed by atoms with Gasteiger partial charge < -0.3 is 4.90 Å². The van der Waals surface area contributed by atoms with Crippen molar-refractivity contribution in [2.45, 2.75) is 0 Å². The van der Waals surface area contributed by atoms with Gasteiger partial charge in [-0.1, -0.05) is 0 Å². The van der Waals surface area contributed by atoms with Crippen LogP contribution in [0.5, 0.6) is 0 Å². The van der Waals surface area contributed by atoms with Crippen molar-refractivity contribution in [1.29, 1.82) is 0 Å². The van der Waals surface area contributed by atoms with Gasteiger partial charge in [0.05, 0.1) is 11.2 Å². The zero-order valence-corrected chi connectivity index (χ0v) is 4.33. The van der Waals surface area contributed by atoms with E-state index in [1.807, 2.05) is 19.5 Å². The summed E-state index contributed by atoms with van der Waals surface area (Å²) < 4.78 is 0. The summed E-state index contributed by atoms with van der Waals surface area (Å²) in [5, 5.41) is 0. The van der Waals surface area contributed by atoms with Gasteiger partial charge in [0, 0.05) is 7.05 Å². The van der Waals surface area contributed by atoms with Crippen LogP contribution >= 0.6 is 0 Å². The molecule has 1 rings (SSSR count). The zero-order chi connectivity index (χ0) is 5.11. The Balaban J connectivity index is 2.49. The van der Waals surface area contributed by atoms with Gasteiger partial charge in [-0.2, -0.15) is 0 Å². The van der Waals surface area contributed by atoms with Gasteiger partial charge in [-0.3, -0.25) is 0 Å². The normalized spacial score (nSPS) is 18.1. The lowest BCUT2D eigenvalue weighted by Crippen LogP contribution is -2.17. The minimum absolute atomic E-state index is 0.941. The molecule has 7 heavy (non-hydrogen) atoms. The van der Waals surface area contributed by atoms with E-state index in [2.05, 4.69) is 9.89 Å². The molecule has 0 amide bonds. The van der Waals surface area contributed by atoms with Gasteiger partial charge in [0.2, 0.25) is 6.21 Å². The lowest BCUT2D eigenvalue weighted by Gasteiger charge is -2.05. The molecule has 0 saturated heterocycles. The smallest absolute Gasteiger partial charge is 0.257 e. The van der Waals surface area contributed by atoms with Crippen molar-refractivity contribution in [1.82, 2.24) is 9.89 Å². The second kappa shape index (κ2) is 1.78. The van der Waals surface area contributed by atoms with E-state index in [4.69, 9.17) is 0 Å². The van der Waals surface area contributed by atoms with E-state index in [0.29, 0.717) is 0 Å². The van der Waals surface area contributed by atoms with E-state index >= 15 is 0 Å². The third-order valence-electron chi connectivity index (χ3n) is 0.882. The molecule has 0 aliphatic carbocycles. The van der Waals surface area contributed by atoms with Gasteiger partial charge in [-0.15, -0.1) is 0 Å². The first-order chi connectivity index (χ1) is 3.39. The van der Waals surface area contributed by atoms with Crippen LogP contribution in [0.2, 0.25) is 0 Å². The van der Waals surface area contributed by atoms with E-state index in [9.17, 15) is 0 Å². The molecule has 0 aromatic rings. The summed E-state index contributed by atoms with van der Waals surface area (Å²) in [7, 11) is 2.02. The highest BCUT2D eigenvalue weighted by Gasteiger charge is 1.97. The van der Waals surface area contributed by atoms with Crippen LogP contribution in [0.15, 0.2) is 12.4 Å². The molecule has 0 bridgehead atoms. The molecule has 0 aromatic heterocycles. The quantitative estimate of drug-likeness (QED) is 0.408. The second-order valence-electron chi connectivity index (χ2n) is 1.57. The predicted octanol–water partition coefficient (Wildman–Crippen LogP) is -0.190. The fourth-order valence-electron chi connectivity index (χ4n) is 0.450. The van der Waals surface area contributed by atoms with Crippen molar-refractivity contribution in [2.75, 3.05) is 13.6 Å². The van der Waals surface area contributed by atoms with Crippen molar-refractivity contribution in [3.63, 3.8) is 0 Å². The minimum atomic E-state index is 0.941. The summed E-state index contributed by atoms with van der Waals surface area (Å²) >= 11 is 0. The van der Waals surface area contributed by atoms with E-state index in [-0.39, 0.29) is 0 Å². The van der Waals surface area contributed by atoms with Crippen LogP contribution in [-0.4, -0.2) is 24.7 Å². The van der Waals surface area contributed by atoms with Crippen LogP contribution in [0.25, 0.3) is 0 Å². The highest BCUT2D eigenvalue weighted by Crippen LogP contribution is 1.81. The van der Waals surface area contributed by atoms with Crippen molar-refractivity contribution < 1.29 is 0 Å². The third kappa shape index (κ3) is 1.03. The number of aliphatic imine (C=N–C) groups is 1. The molecule has 0 aromatic carbocycles. The maximum absolute atomic E-state index is 3.88. The molecule has 0 saturated carbocycles. The SMILES string of the molecule is CN1C=C[N+]=CC1. The zero-order valence-electron chi connectivity index (χ0n) is 4.33. The average Bonchev–Trinajstić information content (AvgIpc) is 1.69. The van der Waals surface area contributed by atoms with Gasteiger partial charge in [0.15, 0.2) is 0 Å². The Labute approximate surface area is 43.2 Å². The maximum atomic E-state index is 3.88.